The number of rotatable bonds is 2. The fraction of sp³-hybridized carbons (Fsp3) is 0.522. The Labute approximate surface area is 187 Å². The molecule has 2 N–H and O–H groups in total. The molecule has 1 saturated heterocycles. The first-order valence-electron chi connectivity index (χ1n) is 11.4. The van der Waals surface area contributed by atoms with E-state index < -0.39 is 0 Å². The van der Waals surface area contributed by atoms with Gasteiger partial charge < -0.3 is 20.3 Å². The van der Waals surface area contributed by atoms with Crippen molar-refractivity contribution in [1.82, 2.24) is 24.9 Å². The average Bonchev–Trinajstić information content (AvgIpc) is 3.45. The van der Waals surface area contributed by atoms with Crippen LogP contribution in [0.4, 0.5) is 10.5 Å². The van der Waals surface area contributed by atoms with Gasteiger partial charge in [-0.25, -0.2) is 4.79 Å². The second-order valence-corrected chi connectivity index (χ2v) is 8.97. The fourth-order valence-corrected chi connectivity index (χ4v) is 4.84. The fourth-order valence-electron chi connectivity index (χ4n) is 4.84. The maximum Gasteiger partial charge on any atom is 0.317 e. The van der Waals surface area contributed by atoms with Gasteiger partial charge in [-0.1, -0.05) is 18.9 Å². The summed E-state index contributed by atoms with van der Waals surface area (Å²) in [6.45, 7) is 2.51. The molecule has 2 fully saturated rings. The molecule has 1 saturated carbocycles. The first kappa shape index (κ1) is 20.8. The van der Waals surface area contributed by atoms with Gasteiger partial charge in [0.15, 0.2) is 0 Å². The molecular weight excluding hydrogens is 408 g/mol. The number of aryl methyl sites for hydroxylation is 1. The number of aromatic nitrogens is 2. The van der Waals surface area contributed by atoms with Crippen molar-refractivity contribution in [2.45, 2.75) is 37.8 Å². The van der Waals surface area contributed by atoms with Gasteiger partial charge in [0.25, 0.3) is 0 Å². The van der Waals surface area contributed by atoms with E-state index in [0.717, 1.165) is 24.0 Å². The summed E-state index contributed by atoms with van der Waals surface area (Å²) in [6, 6.07) is 6.05. The molecule has 2 aliphatic heterocycles. The number of amides is 3. The Hall–Kier alpha value is -3.07. The van der Waals surface area contributed by atoms with E-state index in [9.17, 15) is 9.59 Å². The molecule has 1 atom stereocenters. The number of nitrogens with one attached hydrogen (secondary N) is 2. The SMILES string of the molecule is Cn1cc(-c2ccc3c(c2)NC(=O)CN2CCN(C(=O)NC4CCCC4)C[C@H]2CO3)cn1. The number of urea groups is 1. The van der Waals surface area contributed by atoms with Crippen LogP contribution in [-0.2, 0) is 11.8 Å². The summed E-state index contributed by atoms with van der Waals surface area (Å²) in [5.41, 5.74) is 2.60. The minimum absolute atomic E-state index is 0.00221. The zero-order chi connectivity index (χ0) is 22.1. The van der Waals surface area contributed by atoms with Gasteiger partial charge in [0.2, 0.25) is 5.91 Å². The highest BCUT2D eigenvalue weighted by atomic mass is 16.5. The number of anilines is 1. The van der Waals surface area contributed by atoms with Gasteiger partial charge in [-0.15, -0.1) is 0 Å². The second kappa shape index (κ2) is 8.82. The van der Waals surface area contributed by atoms with Gasteiger partial charge in [0.1, 0.15) is 12.4 Å². The first-order valence-corrected chi connectivity index (χ1v) is 11.4. The lowest BCUT2D eigenvalue weighted by Crippen LogP contribution is -2.60. The average molecular weight is 439 g/mol. The zero-order valence-electron chi connectivity index (χ0n) is 18.4. The van der Waals surface area contributed by atoms with Crippen LogP contribution >= 0.6 is 0 Å². The van der Waals surface area contributed by atoms with Crippen LogP contribution < -0.4 is 15.4 Å². The normalized spacial score (nSPS) is 22.1. The Morgan fingerprint density at radius 3 is 2.84 bits per heavy atom. The van der Waals surface area contributed by atoms with Gasteiger partial charge in [-0.3, -0.25) is 14.4 Å². The molecule has 5 rings (SSSR count). The van der Waals surface area contributed by atoms with E-state index in [2.05, 4.69) is 20.6 Å². The Morgan fingerprint density at radius 1 is 1.22 bits per heavy atom. The van der Waals surface area contributed by atoms with Crippen molar-refractivity contribution in [1.29, 1.82) is 0 Å². The second-order valence-electron chi connectivity index (χ2n) is 8.97. The molecule has 32 heavy (non-hydrogen) atoms. The lowest BCUT2D eigenvalue weighted by Gasteiger charge is -2.40. The van der Waals surface area contributed by atoms with Crippen molar-refractivity contribution in [3.8, 4) is 16.9 Å². The first-order chi connectivity index (χ1) is 15.5. The van der Waals surface area contributed by atoms with Crippen molar-refractivity contribution < 1.29 is 14.3 Å². The highest BCUT2D eigenvalue weighted by Gasteiger charge is 2.33. The van der Waals surface area contributed by atoms with Crippen LogP contribution in [0, 0.1) is 0 Å². The molecule has 9 heteroatoms. The van der Waals surface area contributed by atoms with Crippen molar-refractivity contribution in [2.75, 3.05) is 38.1 Å². The van der Waals surface area contributed by atoms with E-state index in [1.165, 1.54) is 12.8 Å². The Kier molecular flexibility index (Phi) is 5.73. The number of benzene rings is 1. The van der Waals surface area contributed by atoms with Crippen LogP contribution in [0.3, 0.4) is 0 Å². The molecule has 2 aromatic rings. The summed E-state index contributed by atoms with van der Waals surface area (Å²) < 4.78 is 7.90. The van der Waals surface area contributed by atoms with Gasteiger partial charge in [0, 0.05) is 44.5 Å². The third kappa shape index (κ3) is 4.43. The standard InChI is InChI=1S/C23H30N6O3/c1-27-12-17(11-24-27)16-6-7-21-20(10-16)26-22(30)14-28-8-9-29(13-19(28)15-32-21)23(31)25-18-4-2-3-5-18/h6-7,10-12,18-19H,2-5,8-9,13-15H2,1H3,(H,25,31)(H,26,30)/t19-/m0/s1. The Balaban J connectivity index is 1.30. The van der Waals surface area contributed by atoms with Crippen LogP contribution in [0.5, 0.6) is 5.75 Å². The number of fused-ring (bicyclic) bond motifs is 2. The number of nitrogens with zero attached hydrogens (tertiary/aromatic N) is 4. The molecule has 3 aliphatic rings. The minimum Gasteiger partial charge on any atom is -0.490 e. The number of carbonyl (C=O) groups is 2. The third-order valence-corrected chi connectivity index (χ3v) is 6.64. The van der Waals surface area contributed by atoms with Gasteiger partial charge in [0.05, 0.1) is 24.5 Å². The number of hydrogen-bond donors (Lipinski definition) is 2. The molecule has 0 spiro atoms. The van der Waals surface area contributed by atoms with Crippen LogP contribution in [0.15, 0.2) is 30.6 Å². The topological polar surface area (TPSA) is 91.7 Å². The van der Waals surface area contributed by atoms with Crippen LogP contribution in [0.1, 0.15) is 25.7 Å². The summed E-state index contributed by atoms with van der Waals surface area (Å²) in [5.74, 6) is 0.564. The Bertz CT molecular complexity index is 999. The lowest BCUT2D eigenvalue weighted by atomic mass is 10.1. The van der Waals surface area contributed by atoms with Crippen LogP contribution in [0.25, 0.3) is 11.1 Å². The number of hydrogen-bond acceptors (Lipinski definition) is 5. The maximum atomic E-state index is 12.8. The van der Waals surface area contributed by atoms with E-state index in [0.29, 0.717) is 43.7 Å². The summed E-state index contributed by atoms with van der Waals surface area (Å²) >= 11 is 0. The van der Waals surface area contributed by atoms with E-state index in [1.54, 1.807) is 10.9 Å². The van der Waals surface area contributed by atoms with Gasteiger partial charge >= 0.3 is 6.03 Å². The van der Waals surface area contributed by atoms with E-state index in [1.807, 2.05) is 36.3 Å². The van der Waals surface area contributed by atoms with Crippen molar-refractivity contribution >= 4 is 17.6 Å². The van der Waals surface area contributed by atoms with Crippen LogP contribution in [0.2, 0.25) is 0 Å². The van der Waals surface area contributed by atoms with E-state index in [4.69, 9.17) is 4.74 Å². The predicted molar refractivity (Wildman–Crippen MR) is 120 cm³/mol. The molecule has 9 nitrogen and oxygen atoms in total. The minimum atomic E-state index is -0.0751. The summed E-state index contributed by atoms with van der Waals surface area (Å²) in [5, 5.41) is 10.4. The molecule has 1 aliphatic carbocycles. The maximum absolute atomic E-state index is 12.8. The quantitative estimate of drug-likeness (QED) is 0.749. The summed E-state index contributed by atoms with van der Waals surface area (Å²) in [4.78, 5) is 29.5. The highest BCUT2D eigenvalue weighted by Crippen LogP contribution is 2.32. The van der Waals surface area contributed by atoms with Crippen LogP contribution in [-0.4, -0.2) is 76.4 Å². The van der Waals surface area contributed by atoms with Crippen molar-refractivity contribution in [3.63, 3.8) is 0 Å². The molecule has 3 amide bonds. The number of carbonyl (C=O) groups excluding carboxylic acids is 2. The highest BCUT2D eigenvalue weighted by molar-refractivity contribution is 5.94. The molecule has 1 aromatic carbocycles. The van der Waals surface area contributed by atoms with E-state index in [-0.39, 0.29) is 24.5 Å². The van der Waals surface area contributed by atoms with Crippen molar-refractivity contribution in [2.24, 2.45) is 7.05 Å². The summed E-state index contributed by atoms with van der Waals surface area (Å²) in [7, 11) is 1.87. The lowest BCUT2D eigenvalue weighted by molar-refractivity contribution is -0.118. The molecule has 1 aromatic heterocycles. The van der Waals surface area contributed by atoms with E-state index >= 15 is 0 Å². The smallest absolute Gasteiger partial charge is 0.317 e. The molecular formula is C23H30N6O3. The number of piperazine rings is 1. The molecule has 170 valence electrons. The summed E-state index contributed by atoms with van der Waals surface area (Å²) in [6.07, 6.45) is 8.24. The van der Waals surface area contributed by atoms with Crippen molar-refractivity contribution in [3.05, 3.63) is 30.6 Å². The monoisotopic (exact) mass is 438 g/mol. The van der Waals surface area contributed by atoms with Gasteiger partial charge in [-0.2, -0.15) is 5.10 Å². The number of ether oxygens (including phenoxy) is 1. The predicted octanol–water partition coefficient (Wildman–Crippen LogP) is 2.06. The third-order valence-electron chi connectivity index (χ3n) is 6.64. The Morgan fingerprint density at radius 2 is 2.06 bits per heavy atom. The molecule has 3 heterocycles. The van der Waals surface area contributed by atoms with Gasteiger partial charge in [-0.05, 0) is 30.5 Å². The molecule has 0 bridgehead atoms. The zero-order valence-corrected chi connectivity index (χ0v) is 18.4. The molecule has 0 unspecified atom stereocenters. The molecule has 0 radical (unpaired) electrons. The largest absolute Gasteiger partial charge is 0.490 e.